The van der Waals surface area contributed by atoms with Crippen LogP contribution in [0.4, 0.5) is 0 Å². The summed E-state index contributed by atoms with van der Waals surface area (Å²) in [5, 5.41) is 9.88. The Morgan fingerprint density at radius 2 is 1.88 bits per heavy atom. The molecule has 2 fully saturated rings. The van der Waals surface area contributed by atoms with Crippen molar-refractivity contribution in [1.82, 2.24) is 9.80 Å². The molecule has 16 heavy (non-hydrogen) atoms. The van der Waals surface area contributed by atoms with Crippen molar-refractivity contribution in [2.24, 2.45) is 11.8 Å². The number of hydrogen-bond acceptors (Lipinski definition) is 3. The summed E-state index contributed by atoms with van der Waals surface area (Å²) in [6, 6.07) is 0. The fourth-order valence-electron chi connectivity index (χ4n) is 2.71. The largest absolute Gasteiger partial charge is 0.392 e. The molecule has 0 bridgehead atoms. The van der Waals surface area contributed by atoms with Crippen LogP contribution in [0.15, 0.2) is 0 Å². The molecule has 94 valence electrons. The average Bonchev–Trinajstić information content (AvgIpc) is 3.04. The molecule has 2 aliphatic rings. The molecular weight excluding hydrogens is 200 g/mol. The summed E-state index contributed by atoms with van der Waals surface area (Å²) < 4.78 is 0. The molecule has 1 saturated carbocycles. The normalized spacial score (nSPS) is 26.2. The van der Waals surface area contributed by atoms with Crippen molar-refractivity contribution >= 4 is 0 Å². The summed E-state index contributed by atoms with van der Waals surface area (Å²) in [4.78, 5) is 4.74. The van der Waals surface area contributed by atoms with Crippen molar-refractivity contribution in [1.29, 1.82) is 0 Å². The zero-order chi connectivity index (χ0) is 11.5. The van der Waals surface area contributed by atoms with Crippen molar-refractivity contribution in [3.05, 3.63) is 0 Å². The fraction of sp³-hybridized carbons (Fsp3) is 1.00. The monoisotopic (exact) mass is 226 g/mol. The summed E-state index contributed by atoms with van der Waals surface area (Å²) in [6.07, 6.45) is 5.05. The molecule has 1 aliphatic carbocycles. The molecule has 0 aromatic carbocycles. The predicted octanol–water partition coefficient (Wildman–Crippen LogP) is 1.03. The molecule has 0 aromatic rings. The van der Waals surface area contributed by atoms with Crippen molar-refractivity contribution in [3.63, 3.8) is 0 Å². The lowest BCUT2D eigenvalue weighted by molar-refractivity contribution is 0.0910. The van der Waals surface area contributed by atoms with Gasteiger partial charge in [0.25, 0.3) is 0 Å². The van der Waals surface area contributed by atoms with Crippen molar-refractivity contribution < 1.29 is 5.11 Å². The van der Waals surface area contributed by atoms with Crippen LogP contribution in [-0.2, 0) is 0 Å². The maximum absolute atomic E-state index is 9.88. The quantitative estimate of drug-likeness (QED) is 0.758. The van der Waals surface area contributed by atoms with Crippen LogP contribution in [0, 0.1) is 11.8 Å². The van der Waals surface area contributed by atoms with E-state index in [0.717, 1.165) is 19.0 Å². The van der Waals surface area contributed by atoms with Crippen LogP contribution >= 0.6 is 0 Å². The molecule has 1 heterocycles. The number of piperidine rings is 1. The molecular formula is C13H26N2O. The minimum atomic E-state index is -0.0729. The standard InChI is InChI=1S/C13H26N2O/c1-14-7-5-11(6-8-14)9-15(2)10-13(16)12-3-4-12/h11-13,16H,3-10H2,1-2H3. The summed E-state index contributed by atoms with van der Waals surface area (Å²) in [6.45, 7) is 4.52. The van der Waals surface area contributed by atoms with E-state index in [4.69, 9.17) is 0 Å². The zero-order valence-corrected chi connectivity index (χ0v) is 10.7. The summed E-state index contributed by atoms with van der Waals surface area (Å²) >= 11 is 0. The van der Waals surface area contributed by atoms with Gasteiger partial charge in [-0.05, 0) is 64.7 Å². The van der Waals surface area contributed by atoms with Crippen LogP contribution in [0.5, 0.6) is 0 Å². The lowest BCUT2D eigenvalue weighted by atomic mass is 9.96. The third kappa shape index (κ3) is 3.72. The molecule has 2 rings (SSSR count). The van der Waals surface area contributed by atoms with Crippen LogP contribution in [0.1, 0.15) is 25.7 Å². The number of aliphatic hydroxyl groups is 1. The van der Waals surface area contributed by atoms with Gasteiger partial charge in [-0.2, -0.15) is 0 Å². The highest BCUT2D eigenvalue weighted by atomic mass is 16.3. The zero-order valence-electron chi connectivity index (χ0n) is 10.7. The Morgan fingerprint density at radius 1 is 1.25 bits per heavy atom. The highest BCUT2D eigenvalue weighted by Crippen LogP contribution is 2.32. The van der Waals surface area contributed by atoms with Gasteiger partial charge in [0.15, 0.2) is 0 Å². The van der Waals surface area contributed by atoms with Crippen LogP contribution < -0.4 is 0 Å². The van der Waals surface area contributed by atoms with Crippen molar-refractivity contribution in [3.8, 4) is 0 Å². The number of aliphatic hydroxyl groups excluding tert-OH is 1. The van der Waals surface area contributed by atoms with Gasteiger partial charge in [-0.15, -0.1) is 0 Å². The number of likely N-dealkylation sites (tertiary alicyclic amines) is 1. The highest BCUT2D eigenvalue weighted by molar-refractivity contribution is 4.83. The Balaban J connectivity index is 1.64. The molecule has 0 amide bonds. The Bertz CT molecular complexity index is 210. The minimum absolute atomic E-state index is 0.0729. The first-order valence-corrected chi connectivity index (χ1v) is 6.70. The van der Waals surface area contributed by atoms with E-state index in [9.17, 15) is 5.11 Å². The third-order valence-electron chi connectivity index (χ3n) is 4.07. The van der Waals surface area contributed by atoms with Crippen molar-refractivity contribution in [2.45, 2.75) is 31.8 Å². The van der Waals surface area contributed by atoms with E-state index < -0.39 is 0 Å². The minimum Gasteiger partial charge on any atom is -0.392 e. The second-order valence-electron chi connectivity index (χ2n) is 5.87. The van der Waals surface area contributed by atoms with E-state index in [-0.39, 0.29) is 6.10 Å². The van der Waals surface area contributed by atoms with Crippen LogP contribution in [0.3, 0.4) is 0 Å². The van der Waals surface area contributed by atoms with E-state index >= 15 is 0 Å². The maximum Gasteiger partial charge on any atom is 0.0695 e. The van der Waals surface area contributed by atoms with Gasteiger partial charge in [-0.25, -0.2) is 0 Å². The molecule has 3 nitrogen and oxygen atoms in total. The Labute approximate surface area is 99.4 Å². The average molecular weight is 226 g/mol. The van der Waals surface area contributed by atoms with Gasteiger partial charge in [-0.3, -0.25) is 0 Å². The first-order valence-electron chi connectivity index (χ1n) is 6.70. The summed E-state index contributed by atoms with van der Waals surface area (Å²) in [5.74, 6) is 1.45. The molecule has 3 heteroatoms. The third-order valence-corrected chi connectivity index (χ3v) is 4.07. The van der Waals surface area contributed by atoms with Gasteiger partial charge in [-0.1, -0.05) is 0 Å². The van der Waals surface area contributed by atoms with Gasteiger partial charge in [0.2, 0.25) is 0 Å². The van der Waals surface area contributed by atoms with E-state index in [1.807, 2.05) is 0 Å². The molecule has 1 aliphatic heterocycles. The maximum atomic E-state index is 9.88. The van der Waals surface area contributed by atoms with Crippen LogP contribution in [0.2, 0.25) is 0 Å². The van der Waals surface area contributed by atoms with Gasteiger partial charge in [0, 0.05) is 13.1 Å². The van der Waals surface area contributed by atoms with Crippen LogP contribution in [-0.4, -0.2) is 61.3 Å². The summed E-state index contributed by atoms with van der Waals surface area (Å²) in [5.41, 5.74) is 0. The number of nitrogens with zero attached hydrogens (tertiary/aromatic N) is 2. The molecule has 0 spiro atoms. The predicted molar refractivity (Wildman–Crippen MR) is 66.4 cm³/mol. The number of likely N-dealkylation sites (N-methyl/N-ethyl adjacent to an activating group) is 1. The molecule has 1 saturated heterocycles. The fourth-order valence-corrected chi connectivity index (χ4v) is 2.71. The van der Waals surface area contributed by atoms with Crippen LogP contribution in [0.25, 0.3) is 0 Å². The molecule has 1 N–H and O–H groups in total. The van der Waals surface area contributed by atoms with Gasteiger partial charge < -0.3 is 14.9 Å². The topological polar surface area (TPSA) is 26.7 Å². The second kappa shape index (κ2) is 5.48. The van der Waals surface area contributed by atoms with E-state index in [0.29, 0.717) is 5.92 Å². The molecule has 1 atom stereocenters. The van der Waals surface area contributed by atoms with Crippen molar-refractivity contribution in [2.75, 3.05) is 40.3 Å². The van der Waals surface area contributed by atoms with Gasteiger partial charge in [0.1, 0.15) is 0 Å². The lowest BCUT2D eigenvalue weighted by Crippen LogP contribution is -2.38. The smallest absolute Gasteiger partial charge is 0.0695 e. The first-order chi connectivity index (χ1) is 7.65. The molecule has 1 unspecified atom stereocenters. The van der Waals surface area contributed by atoms with E-state index in [1.165, 1.54) is 38.8 Å². The Morgan fingerprint density at radius 3 is 2.44 bits per heavy atom. The highest BCUT2D eigenvalue weighted by Gasteiger charge is 2.30. The van der Waals surface area contributed by atoms with Gasteiger partial charge >= 0.3 is 0 Å². The Hall–Kier alpha value is -0.120. The van der Waals surface area contributed by atoms with E-state index in [1.54, 1.807) is 0 Å². The number of hydrogen-bond donors (Lipinski definition) is 1. The Kier molecular flexibility index (Phi) is 4.22. The molecule has 0 aromatic heterocycles. The second-order valence-corrected chi connectivity index (χ2v) is 5.87. The van der Waals surface area contributed by atoms with Gasteiger partial charge in [0.05, 0.1) is 6.10 Å². The van der Waals surface area contributed by atoms with E-state index in [2.05, 4.69) is 23.9 Å². The SMILES string of the molecule is CN1CCC(CN(C)CC(O)C2CC2)CC1. The molecule has 0 radical (unpaired) electrons. The first kappa shape index (κ1) is 12.3. The lowest BCUT2D eigenvalue weighted by Gasteiger charge is -2.32. The summed E-state index contributed by atoms with van der Waals surface area (Å²) in [7, 11) is 4.36. The number of rotatable bonds is 5.